The summed E-state index contributed by atoms with van der Waals surface area (Å²) in [6.45, 7) is 3.73. The van der Waals surface area contributed by atoms with E-state index in [2.05, 4.69) is 21.6 Å². The molecular weight excluding hydrogens is 268 g/mol. The van der Waals surface area contributed by atoms with Crippen LogP contribution in [0.2, 0.25) is 0 Å². The third-order valence-corrected chi connectivity index (χ3v) is 3.87. The Labute approximate surface area is 123 Å². The molecule has 1 aromatic carbocycles. The molecule has 0 radical (unpaired) electrons. The van der Waals surface area contributed by atoms with Gasteiger partial charge in [-0.1, -0.05) is 6.07 Å². The van der Waals surface area contributed by atoms with Crippen LogP contribution in [-0.4, -0.2) is 46.9 Å². The average molecular weight is 288 g/mol. The lowest BCUT2D eigenvalue weighted by Gasteiger charge is -2.32. The van der Waals surface area contributed by atoms with E-state index in [1.54, 1.807) is 4.90 Å². The zero-order valence-electron chi connectivity index (χ0n) is 12.1. The van der Waals surface area contributed by atoms with Gasteiger partial charge >= 0.3 is 6.09 Å². The van der Waals surface area contributed by atoms with Crippen molar-refractivity contribution in [2.45, 2.75) is 25.8 Å². The van der Waals surface area contributed by atoms with Crippen LogP contribution in [0.4, 0.5) is 10.5 Å². The highest BCUT2D eigenvalue weighted by Crippen LogP contribution is 2.24. The molecule has 6 heteroatoms. The fourth-order valence-electron chi connectivity index (χ4n) is 2.74. The minimum Gasteiger partial charge on any atom is -0.450 e. The number of hydrogen-bond donors (Lipinski definition) is 2. The monoisotopic (exact) mass is 288 g/mol. The van der Waals surface area contributed by atoms with Crippen molar-refractivity contribution in [2.24, 2.45) is 0 Å². The predicted molar refractivity (Wildman–Crippen MR) is 81.3 cm³/mol. The first-order chi connectivity index (χ1) is 10.3. The van der Waals surface area contributed by atoms with Crippen molar-refractivity contribution in [3.63, 3.8) is 0 Å². The lowest BCUT2D eigenvalue weighted by Crippen LogP contribution is -2.42. The first kappa shape index (κ1) is 13.7. The number of carbonyl (C=O) groups excluding carboxylic acids is 1. The summed E-state index contributed by atoms with van der Waals surface area (Å²) in [5.74, 6) is 0. The number of amides is 1. The Bertz CT molecular complexity index is 617. The van der Waals surface area contributed by atoms with Crippen molar-refractivity contribution in [3.8, 4) is 0 Å². The summed E-state index contributed by atoms with van der Waals surface area (Å²) in [6, 6.07) is 6.46. The number of H-pyrrole nitrogens is 1. The van der Waals surface area contributed by atoms with Gasteiger partial charge in [-0.15, -0.1) is 0 Å². The molecule has 1 fully saturated rings. The Kier molecular flexibility index (Phi) is 3.94. The summed E-state index contributed by atoms with van der Waals surface area (Å²) in [5, 5.41) is 11.7. The quantitative estimate of drug-likeness (QED) is 0.910. The molecule has 112 valence electrons. The van der Waals surface area contributed by atoms with Gasteiger partial charge in [0.15, 0.2) is 0 Å². The number of nitrogens with zero attached hydrogens (tertiary/aromatic N) is 2. The van der Waals surface area contributed by atoms with Gasteiger partial charge in [-0.2, -0.15) is 5.10 Å². The van der Waals surface area contributed by atoms with Gasteiger partial charge in [-0.05, 0) is 31.9 Å². The number of aromatic amines is 1. The van der Waals surface area contributed by atoms with Gasteiger partial charge in [0.05, 0.1) is 18.3 Å². The Hall–Kier alpha value is -2.24. The summed E-state index contributed by atoms with van der Waals surface area (Å²) < 4.78 is 5.04. The van der Waals surface area contributed by atoms with Crippen LogP contribution < -0.4 is 5.32 Å². The van der Waals surface area contributed by atoms with E-state index in [4.69, 9.17) is 4.74 Å². The highest BCUT2D eigenvalue weighted by molar-refractivity contribution is 5.90. The van der Waals surface area contributed by atoms with Crippen molar-refractivity contribution < 1.29 is 9.53 Å². The number of aromatic nitrogens is 2. The first-order valence-corrected chi connectivity index (χ1v) is 7.38. The molecule has 1 aliphatic heterocycles. The molecule has 0 unspecified atom stereocenters. The number of fused-ring (bicyclic) bond motifs is 1. The molecule has 0 bridgehead atoms. The van der Waals surface area contributed by atoms with Crippen LogP contribution in [0.3, 0.4) is 0 Å². The highest BCUT2D eigenvalue weighted by Gasteiger charge is 2.23. The second-order valence-electron chi connectivity index (χ2n) is 5.24. The molecule has 2 heterocycles. The molecule has 2 N–H and O–H groups in total. The van der Waals surface area contributed by atoms with Crippen LogP contribution in [0.25, 0.3) is 10.9 Å². The van der Waals surface area contributed by atoms with E-state index in [0.29, 0.717) is 12.6 Å². The molecule has 0 aliphatic carbocycles. The fraction of sp³-hybridized carbons (Fsp3) is 0.467. The summed E-state index contributed by atoms with van der Waals surface area (Å²) >= 11 is 0. The van der Waals surface area contributed by atoms with E-state index in [1.807, 2.05) is 25.3 Å². The fourth-order valence-corrected chi connectivity index (χ4v) is 2.74. The van der Waals surface area contributed by atoms with Gasteiger partial charge in [0.1, 0.15) is 0 Å². The Morgan fingerprint density at radius 2 is 2.29 bits per heavy atom. The van der Waals surface area contributed by atoms with Crippen LogP contribution in [0, 0.1) is 0 Å². The number of ether oxygens (including phenoxy) is 1. The lowest BCUT2D eigenvalue weighted by atomic mass is 10.0. The predicted octanol–water partition coefficient (Wildman–Crippen LogP) is 2.60. The van der Waals surface area contributed by atoms with Gasteiger partial charge in [0.25, 0.3) is 0 Å². The van der Waals surface area contributed by atoms with Crippen LogP contribution >= 0.6 is 0 Å². The molecule has 1 aliphatic rings. The zero-order valence-corrected chi connectivity index (χ0v) is 12.1. The summed E-state index contributed by atoms with van der Waals surface area (Å²) in [6.07, 6.45) is 3.48. The number of benzene rings is 1. The molecule has 0 saturated carbocycles. The van der Waals surface area contributed by atoms with E-state index in [0.717, 1.165) is 42.5 Å². The standard InChI is InChI=1S/C15H20N4O2/c1-2-21-15(20)19-8-6-11(7-9-19)17-13-4-3-5-14-12(13)10-16-18-14/h3-5,10-11,17H,2,6-9H2,1H3,(H,16,18). The third-order valence-electron chi connectivity index (χ3n) is 3.87. The number of anilines is 1. The molecular formula is C15H20N4O2. The molecule has 21 heavy (non-hydrogen) atoms. The Morgan fingerprint density at radius 1 is 1.48 bits per heavy atom. The minimum absolute atomic E-state index is 0.201. The minimum atomic E-state index is -0.201. The van der Waals surface area contributed by atoms with Crippen LogP contribution in [0.1, 0.15) is 19.8 Å². The SMILES string of the molecule is CCOC(=O)N1CCC(Nc2cccc3[nH]ncc23)CC1. The van der Waals surface area contributed by atoms with Crippen molar-refractivity contribution in [1.29, 1.82) is 0 Å². The molecule has 1 amide bonds. The maximum absolute atomic E-state index is 11.7. The van der Waals surface area contributed by atoms with Gasteiger partial charge in [-0.25, -0.2) is 4.79 Å². The summed E-state index contributed by atoms with van der Waals surface area (Å²) in [7, 11) is 0. The van der Waals surface area contributed by atoms with E-state index in [1.165, 1.54) is 0 Å². The molecule has 3 rings (SSSR count). The second kappa shape index (κ2) is 6.03. The average Bonchev–Trinajstić information content (AvgIpc) is 2.98. The molecule has 1 saturated heterocycles. The second-order valence-corrected chi connectivity index (χ2v) is 5.24. The van der Waals surface area contributed by atoms with E-state index >= 15 is 0 Å². The number of nitrogens with one attached hydrogen (secondary N) is 2. The first-order valence-electron chi connectivity index (χ1n) is 7.38. The highest BCUT2D eigenvalue weighted by atomic mass is 16.6. The van der Waals surface area contributed by atoms with Crippen LogP contribution in [-0.2, 0) is 4.74 Å². The van der Waals surface area contributed by atoms with Gasteiger partial charge in [0, 0.05) is 30.2 Å². The number of likely N-dealkylation sites (tertiary alicyclic amines) is 1. The Balaban J connectivity index is 1.60. The normalized spacial score (nSPS) is 16.1. The smallest absolute Gasteiger partial charge is 0.409 e. The van der Waals surface area contributed by atoms with Gasteiger partial charge < -0.3 is 15.0 Å². The number of hydrogen-bond acceptors (Lipinski definition) is 4. The topological polar surface area (TPSA) is 70.2 Å². The largest absolute Gasteiger partial charge is 0.450 e. The summed E-state index contributed by atoms with van der Waals surface area (Å²) in [5.41, 5.74) is 2.12. The van der Waals surface area contributed by atoms with Crippen molar-refractivity contribution in [1.82, 2.24) is 15.1 Å². The van der Waals surface area contributed by atoms with Gasteiger partial charge in [-0.3, -0.25) is 5.10 Å². The number of rotatable bonds is 3. The van der Waals surface area contributed by atoms with Crippen molar-refractivity contribution in [2.75, 3.05) is 25.0 Å². The molecule has 2 aromatic rings. The molecule has 0 spiro atoms. The molecule has 1 aromatic heterocycles. The maximum atomic E-state index is 11.7. The lowest BCUT2D eigenvalue weighted by molar-refractivity contribution is 0.0983. The van der Waals surface area contributed by atoms with Crippen molar-refractivity contribution >= 4 is 22.7 Å². The number of carbonyl (C=O) groups is 1. The molecule has 0 atom stereocenters. The van der Waals surface area contributed by atoms with Gasteiger partial charge in [0.2, 0.25) is 0 Å². The maximum Gasteiger partial charge on any atom is 0.409 e. The van der Waals surface area contributed by atoms with Crippen molar-refractivity contribution in [3.05, 3.63) is 24.4 Å². The van der Waals surface area contributed by atoms with E-state index in [9.17, 15) is 4.79 Å². The van der Waals surface area contributed by atoms with E-state index in [-0.39, 0.29) is 6.09 Å². The molecule has 6 nitrogen and oxygen atoms in total. The zero-order chi connectivity index (χ0) is 14.7. The third kappa shape index (κ3) is 2.94. The van der Waals surface area contributed by atoms with Crippen LogP contribution in [0.5, 0.6) is 0 Å². The summed E-state index contributed by atoms with van der Waals surface area (Å²) in [4.78, 5) is 13.5. The van der Waals surface area contributed by atoms with E-state index < -0.39 is 0 Å². The van der Waals surface area contributed by atoms with Crippen LogP contribution in [0.15, 0.2) is 24.4 Å². The number of piperidine rings is 1. The Morgan fingerprint density at radius 3 is 3.05 bits per heavy atom.